The number of aliphatic carboxylic acids is 1. The molecule has 1 aliphatic rings. The summed E-state index contributed by atoms with van der Waals surface area (Å²) in [4.78, 5) is 11.7. The second-order valence-corrected chi connectivity index (χ2v) is 5.19. The van der Waals surface area contributed by atoms with E-state index in [2.05, 4.69) is 20.6 Å². The molecule has 8 nitrogen and oxygen atoms in total. The number of hydrogen-bond acceptors (Lipinski definition) is 5. The second kappa shape index (κ2) is 4.11. The molecule has 3 aromatic heterocycles. The van der Waals surface area contributed by atoms with Crippen molar-refractivity contribution in [3.8, 4) is 11.4 Å². The summed E-state index contributed by atoms with van der Waals surface area (Å²) in [7, 11) is 0. The normalized spacial score (nSPS) is 16.8. The predicted octanol–water partition coefficient (Wildman–Crippen LogP) is 0.952. The van der Waals surface area contributed by atoms with E-state index in [0.29, 0.717) is 18.7 Å². The van der Waals surface area contributed by atoms with Crippen LogP contribution in [0.5, 0.6) is 0 Å². The molecule has 8 heteroatoms. The molecule has 1 aliphatic carbocycles. The Morgan fingerprint density at radius 2 is 2.19 bits per heavy atom. The van der Waals surface area contributed by atoms with E-state index in [9.17, 15) is 9.90 Å². The van der Waals surface area contributed by atoms with E-state index in [1.165, 1.54) is 4.68 Å². The van der Waals surface area contributed by atoms with Gasteiger partial charge in [-0.2, -0.15) is 5.10 Å². The SMILES string of the molecule is O=C(O)C1(n2nnnc2-c2cnn3ccccc23)CCC1. The first kappa shape index (κ1) is 12.0. The van der Waals surface area contributed by atoms with Gasteiger partial charge in [-0.3, -0.25) is 0 Å². The number of hydrogen-bond donors (Lipinski definition) is 1. The molecule has 0 atom stereocenters. The Balaban J connectivity index is 1.92. The van der Waals surface area contributed by atoms with Gasteiger partial charge in [0.25, 0.3) is 0 Å². The van der Waals surface area contributed by atoms with Gasteiger partial charge in [-0.25, -0.2) is 14.0 Å². The van der Waals surface area contributed by atoms with Crippen LogP contribution in [0.15, 0.2) is 30.6 Å². The predicted molar refractivity (Wildman–Crippen MR) is 71.5 cm³/mol. The number of carboxylic acid groups (broad SMARTS) is 1. The van der Waals surface area contributed by atoms with Crippen LogP contribution < -0.4 is 0 Å². The first-order valence-electron chi connectivity index (χ1n) is 6.67. The highest BCUT2D eigenvalue weighted by Crippen LogP contribution is 2.41. The van der Waals surface area contributed by atoms with Crippen LogP contribution >= 0.6 is 0 Å². The topological polar surface area (TPSA) is 98.2 Å². The van der Waals surface area contributed by atoms with Gasteiger partial charge in [-0.15, -0.1) is 5.10 Å². The van der Waals surface area contributed by atoms with Gasteiger partial charge in [0.1, 0.15) is 0 Å². The number of aromatic nitrogens is 6. The molecule has 1 N–H and O–H groups in total. The lowest BCUT2D eigenvalue weighted by atomic mass is 9.76. The molecule has 0 saturated heterocycles. The Labute approximate surface area is 119 Å². The molecule has 1 fully saturated rings. The number of carbonyl (C=O) groups is 1. The molecular formula is C13H12N6O2. The van der Waals surface area contributed by atoms with Gasteiger partial charge in [0.05, 0.1) is 17.3 Å². The number of nitrogens with zero attached hydrogens (tertiary/aromatic N) is 6. The molecule has 0 bridgehead atoms. The number of pyridine rings is 1. The van der Waals surface area contributed by atoms with Gasteiger partial charge < -0.3 is 5.11 Å². The van der Waals surface area contributed by atoms with Crippen molar-refractivity contribution in [2.24, 2.45) is 0 Å². The number of carboxylic acids is 1. The van der Waals surface area contributed by atoms with Crippen molar-refractivity contribution in [3.05, 3.63) is 30.6 Å². The third-order valence-electron chi connectivity index (χ3n) is 4.12. The smallest absolute Gasteiger partial charge is 0.331 e. The van der Waals surface area contributed by atoms with E-state index in [1.807, 2.05) is 24.4 Å². The monoisotopic (exact) mass is 284 g/mol. The fourth-order valence-corrected chi connectivity index (χ4v) is 2.78. The maximum atomic E-state index is 11.7. The molecule has 0 unspecified atom stereocenters. The van der Waals surface area contributed by atoms with Gasteiger partial charge in [0.2, 0.25) is 0 Å². The van der Waals surface area contributed by atoms with Crippen molar-refractivity contribution in [3.63, 3.8) is 0 Å². The molecule has 0 aromatic carbocycles. The maximum Gasteiger partial charge on any atom is 0.331 e. The summed E-state index contributed by atoms with van der Waals surface area (Å²) < 4.78 is 3.14. The zero-order valence-electron chi connectivity index (χ0n) is 11.0. The van der Waals surface area contributed by atoms with Crippen LogP contribution in [-0.4, -0.2) is 40.9 Å². The highest BCUT2D eigenvalue weighted by Gasteiger charge is 2.49. The highest BCUT2D eigenvalue weighted by molar-refractivity contribution is 5.81. The zero-order chi connectivity index (χ0) is 14.4. The third-order valence-corrected chi connectivity index (χ3v) is 4.12. The summed E-state index contributed by atoms with van der Waals surface area (Å²) in [6.45, 7) is 0. The van der Waals surface area contributed by atoms with E-state index >= 15 is 0 Å². The molecule has 21 heavy (non-hydrogen) atoms. The van der Waals surface area contributed by atoms with Crippen molar-refractivity contribution >= 4 is 11.5 Å². The van der Waals surface area contributed by atoms with E-state index in [4.69, 9.17) is 0 Å². The summed E-state index contributed by atoms with van der Waals surface area (Å²) in [5.41, 5.74) is 0.545. The van der Waals surface area contributed by atoms with Crippen molar-refractivity contribution in [1.82, 2.24) is 29.8 Å². The van der Waals surface area contributed by atoms with E-state index in [0.717, 1.165) is 17.5 Å². The molecule has 3 aromatic rings. The summed E-state index contributed by atoms with van der Waals surface area (Å²) in [6, 6.07) is 5.66. The van der Waals surface area contributed by atoms with Crippen molar-refractivity contribution < 1.29 is 9.90 Å². The lowest BCUT2D eigenvalue weighted by Gasteiger charge is -2.37. The van der Waals surface area contributed by atoms with Crippen molar-refractivity contribution in [2.75, 3.05) is 0 Å². The minimum atomic E-state index is -1.03. The van der Waals surface area contributed by atoms with Crippen LogP contribution in [-0.2, 0) is 10.3 Å². The van der Waals surface area contributed by atoms with Crippen molar-refractivity contribution in [1.29, 1.82) is 0 Å². The van der Waals surface area contributed by atoms with Gasteiger partial charge in [-0.1, -0.05) is 6.07 Å². The Morgan fingerprint density at radius 1 is 1.33 bits per heavy atom. The lowest BCUT2D eigenvalue weighted by molar-refractivity contribution is -0.153. The van der Waals surface area contributed by atoms with E-state index in [-0.39, 0.29) is 0 Å². The van der Waals surface area contributed by atoms with Crippen LogP contribution in [0.25, 0.3) is 16.9 Å². The van der Waals surface area contributed by atoms with Gasteiger partial charge >= 0.3 is 5.97 Å². The molecule has 4 rings (SSSR count). The Kier molecular flexibility index (Phi) is 2.35. The summed E-state index contributed by atoms with van der Waals surface area (Å²) in [5, 5.41) is 25.4. The van der Waals surface area contributed by atoms with Gasteiger partial charge in [0.15, 0.2) is 11.4 Å². The van der Waals surface area contributed by atoms with Crippen LogP contribution in [0.1, 0.15) is 19.3 Å². The Morgan fingerprint density at radius 3 is 2.90 bits per heavy atom. The number of fused-ring (bicyclic) bond motifs is 1. The third kappa shape index (κ3) is 1.52. The highest BCUT2D eigenvalue weighted by atomic mass is 16.4. The molecule has 1 saturated carbocycles. The van der Waals surface area contributed by atoms with Crippen LogP contribution in [0.3, 0.4) is 0 Å². The minimum absolute atomic E-state index is 0.443. The Hall–Kier alpha value is -2.77. The van der Waals surface area contributed by atoms with Gasteiger partial charge in [-0.05, 0) is 41.8 Å². The van der Waals surface area contributed by atoms with Crippen LogP contribution in [0.2, 0.25) is 0 Å². The molecule has 0 spiro atoms. The molecule has 0 radical (unpaired) electrons. The second-order valence-electron chi connectivity index (χ2n) is 5.19. The fourth-order valence-electron chi connectivity index (χ4n) is 2.78. The molecule has 0 amide bonds. The lowest BCUT2D eigenvalue weighted by Crippen LogP contribution is -2.48. The minimum Gasteiger partial charge on any atom is -0.479 e. The molecule has 0 aliphatic heterocycles. The van der Waals surface area contributed by atoms with E-state index < -0.39 is 11.5 Å². The number of rotatable bonds is 3. The molecule has 106 valence electrons. The standard InChI is InChI=1S/C13H12N6O2/c20-12(21)13(5-3-6-13)19-11(15-16-17-19)9-8-14-18-7-2-1-4-10(9)18/h1-2,4,7-8H,3,5-6H2,(H,20,21). The maximum absolute atomic E-state index is 11.7. The summed E-state index contributed by atoms with van der Waals surface area (Å²) >= 11 is 0. The quantitative estimate of drug-likeness (QED) is 0.769. The summed E-state index contributed by atoms with van der Waals surface area (Å²) in [6.07, 6.45) is 5.43. The number of tetrazole rings is 1. The van der Waals surface area contributed by atoms with E-state index in [1.54, 1.807) is 10.7 Å². The average molecular weight is 284 g/mol. The first-order chi connectivity index (χ1) is 10.2. The molecule has 3 heterocycles. The van der Waals surface area contributed by atoms with Crippen LogP contribution in [0, 0.1) is 0 Å². The average Bonchev–Trinajstić information content (AvgIpc) is 3.03. The zero-order valence-corrected chi connectivity index (χ0v) is 11.0. The molecular weight excluding hydrogens is 272 g/mol. The Bertz CT molecular complexity index is 832. The largest absolute Gasteiger partial charge is 0.479 e. The first-order valence-corrected chi connectivity index (χ1v) is 6.67. The van der Waals surface area contributed by atoms with Crippen molar-refractivity contribution in [2.45, 2.75) is 24.8 Å². The fraction of sp³-hybridized carbons (Fsp3) is 0.308. The van der Waals surface area contributed by atoms with Gasteiger partial charge in [0, 0.05) is 6.20 Å². The summed E-state index contributed by atoms with van der Waals surface area (Å²) in [5.74, 6) is -0.447. The van der Waals surface area contributed by atoms with Crippen LogP contribution in [0.4, 0.5) is 0 Å².